The quantitative estimate of drug-likeness (QED) is 0.797. The maximum absolute atomic E-state index is 12.6. The normalized spacial score (nSPS) is 25.8. The summed E-state index contributed by atoms with van der Waals surface area (Å²) in [4.78, 5) is 14.4. The molecule has 108 valence electrons. The molecular formula is C15H18ClNO3. The van der Waals surface area contributed by atoms with E-state index in [1.54, 1.807) is 0 Å². The Labute approximate surface area is 123 Å². The third-order valence-electron chi connectivity index (χ3n) is 3.83. The molecule has 2 atom stereocenters. The molecule has 0 aromatic heterocycles. The minimum Gasteiger partial charge on any atom is -0.492 e. The summed E-state index contributed by atoms with van der Waals surface area (Å²) < 4.78 is 11.2. The van der Waals surface area contributed by atoms with Crippen molar-refractivity contribution < 1.29 is 14.3 Å². The molecule has 2 heterocycles. The van der Waals surface area contributed by atoms with Crippen molar-refractivity contribution in [2.75, 3.05) is 26.3 Å². The Morgan fingerprint density at radius 2 is 2.30 bits per heavy atom. The van der Waals surface area contributed by atoms with Gasteiger partial charge in [0, 0.05) is 18.1 Å². The van der Waals surface area contributed by atoms with Gasteiger partial charge in [-0.1, -0.05) is 11.6 Å². The summed E-state index contributed by atoms with van der Waals surface area (Å²) in [6, 6.07) is 5.57. The highest BCUT2D eigenvalue weighted by Gasteiger charge is 2.31. The minimum absolute atomic E-state index is 0.110. The highest BCUT2D eigenvalue weighted by atomic mass is 35.5. The second-order valence-electron chi connectivity index (χ2n) is 5.43. The lowest BCUT2D eigenvalue weighted by atomic mass is 9.95. The van der Waals surface area contributed by atoms with Gasteiger partial charge >= 0.3 is 0 Å². The monoisotopic (exact) mass is 295 g/mol. The van der Waals surface area contributed by atoms with E-state index in [1.165, 1.54) is 0 Å². The molecule has 4 nitrogen and oxygen atoms in total. The standard InChI is InChI=1S/C15H18ClNO3/c1-10-8-17(4-5-19-10)15(18)12-6-11-7-13(16)2-3-14(11)20-9-12/h2-3,7,10,12H,4-6,8-9H2,1H3. The molecule has 20 heavy (non-hydrogen) atoms. The Morgan fingerprint density at radius 3 is 3.10 bits per heavy atom. The van der Waals surface area contributed by atoms with Crippen LogP contribution in [0, 0.1) is 5.92 Å². The first-order valence-corrected chi connectivity index (χ1v) is 7.33. The van der Waals surface area contributed by atoms with Crippen molar-refractivity contribution in [2.24, 2.45) is 5.92 Å². The molecule has 1 saturated heterocycles. The lowest BCUT2D eigenvalue weighted by Crippen LogP contribution is -2.48. The van der Waals surface area contributed by atoms with Gasteiger partial charge in [-0.25, -0.2) is 0 Å². The summed E-state index contributed by atoms with van der Waals surface area (Å²) in [5, 5.41) is 0.681. The smallest absolute Gasteiger partial charge is 0.229 e. The fourth-order valence-corrected chi connectivity index (χ4v) is 2.99. The number of carbonyl (C=O) groups excluding carboxylic acids is 1. The number of hydrogen-bond donors (Lipinski definition) is 0. The number of morpholine rings is 1. The van der Waals surface area contributed by atoms with E-state index in [9.17, 15) is 4.79 Å². The molecule has 1 aromatic rings. The van der Waals surface area contributed by atoms with Gasteiger partial charge in [-0.3, -0.25) is 4.79 Å². The van der Waals surface area contributed by atoms with E-state index >= 15 is 0 Å². The molecule has 0 saturated carbocycles. The molecule has 0 radical (unpaired) electrons. The van der Waals surface area contributed by atoms with Gasteiger partial charge in [-0.15, -0.1) is 0 Å². The summed E-state index contributed by atoms with van der Waals surface area (Å²) in [5.41, 5.74) is 1.02. The number of ether oxygens (including phenoxy) is 2. The van der Waals surface area contributed by atoms with E-state index < -0.39 is 0 Å². The van der Waals surface area contributed by atoms with Crippen LogP contribution in [0.4, 0.5) is 0 Å². The van der Waals surface area contributed by atoms with E-state index in [0.717, 1.165) is 11.3 Å². The highest BCUT2D eigenvalue weighted by Crippen LogP contribution is 2.30. The van der Waals surface area contributed by atoms with Crippen LogP contribution in [-0.2, 0) is 16.0 Å². The first-order valence-electron chi connectivity index (χ1n) is 6.95. The van der Waals surface area contributed by atoms with Gasteiger partial charge < -0.3 is 14.4 Å². The maximum atomic E-state index is 12.6. The van der Waals surface area contributed by atoms with Gasteiger partial charge in [0.2, 0.25) is 5.91 Å². The molecule has 2 aliphatic heterocycles. The van der Waals surface area contributed by atoms with E-state index in [-0.39, 0.29) is 17.9 Å². The average Bonchev–Trinajstić information content (AvgIpc) is 2.45. The molecule has 0 N–H and O–H groups in total. The Bertz CT molecular complexity index is 520. The van der Waals surface area contributed by atoms with E-state index in [0.29, 0.717) is 37.7 Å². The Morgan fingerprint density at radius 1 is 1.45 bits per heavy atom. The first kappa shape index (κ1) is 13.7. The molecule has 1 aromatic carbocycles. The van der Waals surface area contributed by atoms with Crippen molar-refractivity contribution in [1.82, 2.24) is 4.90 Å². The van der Waals surface area contributed by atoms with Crippen molar-refractivity contribution in [3.05, 3.63) is 28.8 Å². The van der Waals surface area contributed by atoms with Gasteiger partial charge in [0.05, 0.1) is 18.6 Å². The molecule has 2 aliphatic rings. The van der Waals surface area contributed by atoms with E-state index in [2.05, 4.69) is 0 Å². The molecular weight excluding hydrogens is 278 g/mol. The van der Waals surface area contributed by atoms with Gasteiger partial charge in [-0.2, -0.15) is 0 Å². The van der Waals surface area contributed by atoms with Crippen molar-refractivity contribution in [3.63, 3.8) is 0 Å². The third kappa shape index (κ3) is 2.76. The molecule has 0 aliphatic carbocycles. The number of carbonyl (C=O) groups is 1. The zero-order chi connectivity index (χ0) is 14.1. The third-order valence-corrected chi connectivity index (χ3v) is 4.07. The largest absolute Gasteiger partial charge is 0.492 e. The van der Waals surface area contributed by atoms with Crippen LogP contribution >= 0.6 is 11.6 Å². The Kier molecular flexibility index (Phi) is 3.85. The van der Waals surface area contributed by atoms with Gasteiger partial charge in [0.15, 0.2) is 0 Å². The van der Waals surface area contributed by atoms with Crippen LogP contribution in [0.15, 0.2) is 18.2 Å². The Balaban J connectivity index is 1.71. The maximum Gasteiger partial charge on any atom is 0.229 e. The lowest BCUT2D eigenvalue weighted by Gasteiger charge is -2.35. The second-order valence-corrected chi connectivity index (χ2v) is 5.87. The van der Waals surface area contributed by atoms with Crippen molar-refractivity contribution in [2.45, 2.75) is 19.4 Å². The first-order chi connectivity index (χ1) is 9.63. The number of nitrogens with zero attached hydrogens (tertiary/aromatic N) is 1. The minimum atomic E-state index is -0.119. The molecule has 3 rings (SSSR count). The van der Waals surface area contributed by atoms with Crippen molar-refractivity contribution in [3.8, 4) is 5.75 Å². The number of benzene rings is 1. The van der Waals surface area contributed by atoms with Gasteiger partial charge in [0.25, 0.3) is 0 Å². The zero-order valence-corrected chi connectivity index (χ0v) is 12.2. The van der Waals surface area contributed by atoms with Gasteiger partial charge in [0.1, 0.15) is 12.4 Å². The molecule has 2 unspecified atom stereocenters. The zero-order valence-electron chi connectivity index (χ0n) is 11.5. The van der Waals surface area contributed by atoms with Crippen LogP contribution in [0.2, 0.25) is 5.02 Å². The summed E-state index contributed by atoms with van der Waals surface area (Å²) in [5.74, 6) is 0.880. The SMILES string of the molecule is CC1CN(C(=O)C2COc3ccc(Cl)cc3C2)CCO1. The van der Waals surface area contributed by atoms with Crippen molar-refractivity contribution in [1.29, 1.82) is 0 Å². The predicted octanol–water partition coefficient (Wildman–Crippen LogP) is 2.14. The van der Waals surface area contributed by atoms with Gasteiger partial charge in [-0.05, 0) is 37.1 Å². The average molecular weight is 296 g/mol. The number of fused-ring (bicyclic) bond motifs is 1. The van der Waals surface area contributed by atoms with Crippen LogP contribution in [0.1, 0.15) is 12.5 Å². The number of hydrogen-bond acceptors (Lipinski definition) is 3. The molecule has 0 bridgehead atoms. The van der Waals surface area contributed by atoms with Crippen molar-refractivity contribution >= 4 is 17.5 Å². The van der Waals surface area contributed by atoms with E-state index in [1.807, 2.05) is 30.0 Å². The van der Waals surface area contributed by atoms with Crippen LogP contribution in [-0.4, -0.2) is 43.2 Å². The second kappa shape index (κ2) is 5.62. The summed E-state index contributed by atoms with van der Waals surface area (Å²) >= 11 is 6.00. The summed E-state index contributed by atoms with van der Waals surface area (Å²) in [7, 11) is 0. The summed E-state index contributed by atoms with van der Waals surface area (Å²) in [6.07, 6.45) is 0.805. The molecule has 0 spiro atoms. The van der Waals surface area contributed by atoms with E-state index in [4.69, 9.17) is 21.1 Å². The predicted molar refractivity (Wildman–Crippen MR) is 76.1 cm³/mol. The lowest BCUT2D eigenvalue weighted by molar-refractivity contribution is -0.143. The topological polar surface area (TPSA) is 38.8 Å². The number of rotatable bonds is 1. The molecule has 5 heteroatoms. The van der Waals surface area contributed by atoms with Crippen LogP contribution in [0.3, 0.4) is 0 Å². The molecule has 1 fully saturated rings. The Hall–Kier alpha value is -1.26. The highest BCUT2D eigenvalue weighted by molar-refractivity contribution is 6.30. The van der Waals surface area contributed by atoms with Crippen LogP contribution in [0.25, 0.3) is 0 Å². The fraction of sp³-hybridized carbons (Fsp3) is 0.533. The summed E-state index contributed by atoms with van der Waals surface area (Å²) in [6.45, 7) is 4.38. The van der Waals surface area contributed by atoms with Crippen LogP contribution in [0.5, 0.6) is 5.75 Å². The molecule has 1 amide bonds. The number of halogens is 1. The number of amides is 1. The fourth-order valence-electron chi connectivity index (χ4n) is 2.80. The van der Waals surface area contributed by atoms with Crippen LogP contribution < -0.4 is 4.74 Å².